The van der Waals surface area contributed by atoms with Gasteiger partial charge < -0.3 is 4.18 Å². The van der Waals surface area contributed by atoms with E-state index < -0.39 is 15.0 Å². The summed E-state index contributed by atoms with van der Waals surface area (Å²) in [6, 6.07) is 17.1. The molecule has 0 bridgehead atoms. The molecule has 178 valence electrons. The maximum Gasteiger partial charge on any atom is 0.339 e. The molecule has 1 heterocycles. The summed E-state index contributed by atoms with van der Waals surface area (Å²) < 4.78 is 30.8. The molecule has 1 fully saturated rings. The Balaban J connectivity index is 1.52. The molecule has 1 aliphatic heterocycles. The van der Waals surface area contributed by atoms with Gasteiger partial charge in [-0.15, -0.1) is 0 Å². The number of carbonyl (C=O) groups is 1. The van der Waals surface area contributed by atoms with E-state index in [1.165, 1.54) is 47.9 Å². The third-order valence-corrected chi connectivity index (χ3v) is 7.68. The van der Waals surface area contributed by atoms with Gasteiger partial charge in [0.15, 0.2) is 4.32 Å². The number of carbonyl (C=O) groups excluding carboxylic acids is 1. The summed E-state index contributed by atoms with van der Waals surface area (Å²) in [6.07, 6.45) is 1.66. The van der Waals surface area contributed by atoms with Crippen molar-refractivity contribution in [3.8, 4) is 5.75 Å². The van der Waals surface area contributed by atoms with Crippen LogP contribution in [0.2, 0.25) is 0 Å². The van der Waals surface area contributed by atoms with Gasteiger partial charge in [-0.3, -0.25) is 19.8 Å². The maximum atomic E-state index is 12.9. The second-order valence-corrected chi connectivity index (χ2v) is 10.9. The molecular formula is C24H18N2O6S3. The van der Waals surface area contributed by atoms with Crippen molar-refractivity contribution in [2.24, 2.45) is 0 Å². The third-order valence-electron chi connectivity index (χ3n) is 5.14. The number of nitro groups is 1. The highest BCUT2D eigenvalue weighted by Crippen LogP contribution is 2.36. The highest BCUT2D eigenvalue weighted by Gasteiger charge is 2.33. The second-order valence-electron chi connectivity index (χ2n) is 7.66. The van der Waals surface area contributed by atoms with Gasteiger partial charge in [0, 0.05) is 11.6 Å². The van der Waals surface area contributed by atoms with Gasteiger partial charge in [0.2, 0.25) is 0 Å². The first-order valence-electron chi connectivity index (χ1n) is 10.2. The molecule has 11 heteroatoms. The Labute approximate surface area is 211 Å². The molecule has 1 aliphatic rings. The lowest BCUT2D eigenvalue weighted by atomic mass is 10.2. The van der Waals surface area contributed by atoms with Gasteiger partial charge in [0.05, 0.1) is 15.5 Å². The zero-order valence-corrected chi connectivity index (χ0v) is 20.9. The van der Waals surface area contributed by atoms with E-state index in [1.807, 2.05) is 31.2 Å². The summed E-state index contributed by atoms with van der Waals surface area (Å²) >= 11 is 6.56. The van der Waals surface area contributed by atoms with Crippen LogP contribution in [0.25, 0.3) is 6.08 Å². The van der Waals surface area contributed by atoms with Crippen LogP contribution in [0.5, 0.6) is 5.75 Å². The van der Waals surface area contributed by atoms with Gasteiger partial charge in [0.1, 0.15) is 10.6 Å². The van der Waals surface area contributed by atoms with Crippen molar-refractivity contribution < 1.29 is 22.3 Å². The van der Waals surface area contributed by atoms with Crippen molar-refractivity contribution in [2.75, 3.05) is 4.90 Å². The van der Waals surface area contributed by atoms with Crippen LogP contribution < -0.4 is 9.08 Å². The molecule has 0 saturated carbocycles. The standard InChI is InChI=1S/C24H18N2O6S3/c1-15-3-8-18(9-4-15)25-23(27)22(34-24(25)33)13-17-6-10-19(11-7-17)32-35(30,31)20-12-5-16(2)21(14-20)26(28)29/h3-14H,1-2H3/b22-13+. The van der Waals surface area contributed by atoms with Crippen molar-refractivity contribution in [3.63, 3.8) is 0 Å². The highest BCUT2D eigenvalue weighted by molar-refractivity contribution is 8.27. The molecule has 1 amide bonds. The molecule has 8 nitrogen and oxygen atoms in total. The molecular weight excluding hydrogens is 508 g/mol. The molecule has 3 aromatic carbocycles. The van der Waals surface area contributed by atoms with Gasteiger partial charge in [-0.2, -0.15) is 8.42 Å². The SMILES string of the molecule is Cc1ccc(N2C(=O)/C(=C\c3ccc(OS(=O)(=O)c4ccc(C)c([N+](=O)[O-])c4)cc3)SC2=S)cc1. The van der Waals surface area contributed by atoms with Crippen LogP contribution in [0.1, 0.15) is 16.7 Å². The first kappa shape index (κ1) is 24.6. The molecule has 4 rings (SSSR count). The fraction of sp³-hybridized carbons (Fsp3) is 0.0833. The molecule has 0 unspecified atom stereocenters. The van der Waals surface area contributed by atoms with Crippen LogP contribution in [0.3, 0.4) is 0 Å². The number of anilines is 1. The Morgan fingerprint density at radius 3 is 2.31 bits per heavy atom. The molecule has 35 heavy (non-hydrogen) atoms. The summed E-state index contributed by atoms with van der Waals surface area (Å²) in [5.74, 6) is -0.217. The molecule has 0 atom stereocenters. The third kappa shape index (κ3) is 5.26. The van der Waals surface area contributed by atoms with Gasteiger partial charge in [0.25, 0.3) is 11.6 Å². The molecule has 0 aliphatic carbocycles. The smallest absolute Gasteiger partial charge is 0.339 e. The van der Waals surface area contributed by atoms with Crippen molar-refractivity contribution in [1.29, 1.82) is 0 Å². The average molecular weight is 527 g/mol. The zero-order valence-electron chi connectivity index (χ0n) is 18.5. The molecule has 0 aromatic heterocycles. The van der Waals surface area contributed by atoms with Crippen LogP contribution >= 0.6 is 24.0 Å². The van der Waals surface area contributed by atoms with E-state index in [0.29, 0.717) is 26.0 Å². The number of thioether (sulfide) groups is 1. The quantitative estimate of drug-likeness (QED) is 0.138. The van der Waals surface area contributed by atoms with E-state index in [0.717, 1.165) is 11.6 Å². The van der Waals surface area contributed by atoms with E-state index >= 15 is 0 Å². The number of amides is 1. The van der Waals surface area contributed by atoms with E-state index in [4.69, 9.17) is 16.4 Å². The van der Waals surface area contributed by atoms with Gasteiger partial charge in [-0.25, -0.2) is 0 Å². The summed E-state index contributed by atoms with van der Waals surface area (Å²) in [5, 5.41) is 11.1. The molecule has 3 aromatic rings. The number of aryl methyl sites for hydroxylation is 2. The van der Waals surface area contributed by atoms with Gasteiger partial charge in [-0.05, 0) is 55.8 Å². The molecule has 0 radical (unpaired) electrons. The van der Waals surface area contributed by atoms with Gasteiger partial charge >= 0.3 is 10.1 Å². The maximum absolute atomic E-state index is 12.9. The van der Waals surface area contributed by atoms with Crippen molar-refractivity contribution in [2.45, 2.75) is 18.7 Å². The Hall–Kier alpha value is -3.54. The number of benzene rings is 3. The van der Waals surface area contributed by atoms with Crippen molar-refractivity contribution >= 4 is 61.8 Å². The highest BCUT2D eigenvalue weighted by atomic mass is 32.2. The lowest BCUT2D eigenvalue weighted by Crippen LogP contribution is -2.27. The number of thiocarbonyl (C=S) groups is 1. The van der Waals surface area contributed by atoms with Crippen LogP contribution in [0.15, 0.2) is 76.5 Å². The summed E-state index contributed by atoms with van der Waals surface area (Å²) in [4.78, 5) is 25.0. The van der Waals surface area contributed by atoms with E-state index in [9.17, 15) is 23.3 Å². The summed E-state index contributed by atoms with van der Waals surface area (Å²) in [7, 11) is -4.28. The summed E-state index contributed by atoms with van der Waals surface area (Å²) in [6.45, 7) is 3.47. The minimum atomic E-state index is -4.28. The summed E-state index contributed by atoms with van der Waals surface area (Å²) in [5.41, 5.74) is 2.43. The predicted molar refractivity (Wildman–Crippen MR) is 139 cm³/mol. The Morgan fingerprint density at radius 2 is 1.69 bits per heavy atom. The van der Waals surface area contributed by atoms with Crippen LogP contribution in [0, 0.1) is 24.0 Å². The number of rotatable bonds is 6. The Morgan fingerprint density at radius 1 is 1.03 bits per heavy atom. The van der Waals surface area contributed by atoms with E-state index in [1.54, 1.807) is 18.2 Å². The normalized spacial score (nSPS) is 15.0. The van der Waals surface area contributed by atoms with Crippen LogP contribution in [0.4, 0.5) is 11.4 Å². The fourth-order valence-electron chi connectivity index (χ4n) is 3.27. The minimum absolute atomic E-state index is 0.0255. The number of hydrogen-bond acceptors (Lipinski definition) is 8. The van der Waals surface area contributed by atoms with E-state index in [-0.39, 0.29) is 22.2 Å². The van der Waals surface area contributed by atoms with Crippen LogP contribution in [-0.4, -0.2) is 23.6 Å². The molecule has 0 N–H and O–H groups in total. The van der Waals surface area contributed by atoms with Gasteiger partial charge in [-0.1, -0.05) is 59.9 Å². The predicted octanol–water partition coefficient (Wildman–Crippen LogP) is 5.39. The van der Waals surface area contributed by atoms with Crippen molar-refractivity contribution in [1.82, 2.24) is 0 Å². The number of nitro benzene ring substituents is 1. The van der Waals surface area contributed by atoms with E-state index in [2.05, 4.69) is 0 Å². The zero-order chi connectivity index (χ0) is 25.3. The number of nitrogens with zero attached hydrogens (tertiary/aromatic N) is 2. The lowest BCUT2D eigenvalue weighted by Gasteiger charge is -2.14. The monoisotopic (exact) mass is 526 g/mol. The second kappa shape index (κ2) is 9.61. The Bertz CT molecular complexity index is 1480. The Kier molecular flexibility index (Phi) is 6.75. The largest absolute Gasteiger partial charge is 0.379 e. The average Bonchev–Trinajstić information content (AvgIpc) is 3.08. The number of hydrogen-bond donors (Lipinski definition) is 0. The first-order valence-corrected chi connectivity index (χ1v) is 12.8. The first-order chi connectivity index (χ1) is 16.5. The molecule has 0 spiro atoms. The fourth-order valence-corrected chi connectivity index (χ4v) is 5.52. The van der Waals surface area contributed by atoms with Crippen LogP contribution in [-0.2, 0) is 14.9 Å². The topological polar surface area (TPSA) is 107 Å². The lowest BCUT2D eigenvalue weighted by molar-refractivity contribution is -0.385. The minimum Gasteiger partial charge on any atom is -0.379 e. The molecule has 1 saturated heterocycles. The van der Waals surface area contributed by atoms with Crippen molar-refractivity contribution in [3.05, 3.63) is 98.4 Å².